The first-order chi connectivity index (χ1) is 14.0. The van der Waals surface area contributed by atoms with Crippen molar-refractivity contribution in [2.45, 2.75) is 31.0 Å². The van der Waals surface area contributed by atoms with Gasteiger partial charge < -0.3 is 5.32 Å². The average molecular weight is 469 g/mol. The van der Waals surface area contributed by atoms with E-state index in [1.54, 1.807) is 6.07 Å². The Bertz CT molecular complexity index is 1020. The van der Waals surface area contributed by atoms with Crippen molar-refractivity contribution in [1.29, 1.82) is 0 Å². The number of hydrazine groups is 1. The Balaban J connectivity index is 1.77. The van der Waals surface area contributed by atoms with Crippen LogP contribution in [-0.2, 0) is 9.59 Å². The summed E-state index contributed by atoms with van der Waals surface area (Å²) in [5.74, 6) is -2.39. The van der Waals surface area contributed by atoms with Gasteiger partial charge in [-0.2, -0.15) is 0 Å². The summed E-state index contributed by atoms with van der Waals surface area (Å²) in [6, 6.07) is 10.4. The maximum Gasteiger partial charge on any atom is 0.271 e. The first-order valence-corrected chi connectivity index (χ1v) is 10.3. The van der Waals surface area contributed by atoms with Gasteiger partial charge in [-0.1, -0.05) is 40.9 Å². The monoisotopic (exact) mass is 467 g/mol. The van der Waals surface area contributed by atoms with Gasteiger partial charge in [-0.05, 0) is 37.6 Å². The van der Waals surface area contributed by atoms with Gasteiger partial charge in [-0.15, -0.1) is 23.2 Å². The number of hydrogen-bond acceptors (Lipinski definition) is 3. The van der Waals surface area contributed by atoms with Crippen molar-refractivity contribution in [1.82, 2.24) is 10.9 Å². The van der Waals surface area contributed by atoms with Crippen LogP contribution in [0.2, 0.25) is 5.02 Å². The second-order valence-electron chi connectivity index (χ2n) is 7.37. The Morgan fingerprint density at radius 1 is 0.967 bits per heavy atom. The minimum absolute atomic E-state index is 0.0906. The molecule has 158 valence electrons. The number of carbonyl (C=O) groups is 3. The molecule has 1 saturated carbocycles. The maximum atomic E-state index is 12.9. The van der Waals surface area contributed by atoms with Crippen LogP contribution in [0, 0.1) is 19.8 Å². The predicted octanol–water partition coefficient (Wildman–Crippen LogP) is 4.26. The second-order valence-corrected chi connectivity index (χ2v) is 9.22. The van der Waals surface area contributed by atoms with E-state index >= 15 is 0 Å². The molecule has 6 nitrogen and oxygen atoms in total. The van der Waals surface area contributed by atoms with Crippen LogP contribution in [0.3, 0.4) is 0 Å². The second kappa shape index (κ2) is 8.46. The molecular weight excluding hydrogens is 449 g/mol. The number of anilines is 1. The SMILES string of the molecule is CC(=O)NNC(=O)c1cc(NC(=O)C2C(c3cc(C)cc(C)c3)C2(Cl)Cl)ccc1Cl. The number of amides is 3. The zero-order valence-electron chi connectivity index (χ0n) is 16.5. The van der Waals surface area contributed by atoms with Crippen molar-refractivity contribution in [3.63, 3.8) is 0 Å². The molecule has 1 aliphatic rings. The maximum absolute atomic E-state index is 12.9. The molecule has 9 heteroatoms. The van der Waals surface area contributed by atoms with Crippen LogP contribution in [0.4, 0.5) is 5.69 Å². The highest BCUT2D eigenvalue weighted by atomic mass is 35.5. The van der Waals surface area contributed by atoms with Gasteiger partial charge in [0.1, 0.15) is 4.33 Å². The van der Waals surface area contributed by atoms with Crippen molar-refractivity contribution >= 4 is 58.2 Å². The third-order valence-corrected chi connectivity index (χ3v) is 6.04. The van der Waals surface area contributed by atoms with Crippen molar-refractivity contribution in [2.24, 2.45) is 5.92 Å². The Labute approximate surface area is 189 Å². The van der Waals surface area contributed by atoms with Crippen LogP contribution in [0.5, 0.6) is 0 Å². The van der Waals surface area contributed by atoms with Crippen molar-refractivity contribution in [3.8, 4) is 0 Å². The molecule has 1 fully saturated rings. The third-order valence-electron chi connectivity index (χ3n) is 4.77. The van der Waals surface area contributed by atoms with Crippen molar-refractivity contribution < 1.29 is 14.4 Å². The summed E-state index contributed by atoms with van der Waals surface area (Å²) in [6.07, 6.45) is 0. The van der Waals surface area contributed by atoms with Gasteiger partial charge in [0, 0.05) is 18.5 Å². The summed E-state index contributed by atoms with van der Waals surface area (Å²) in [5.41, 5.74) is 7.89. The van der Waals surface area contributed by atoms with Gasteiger partial charge in [0.05, 0.1) is 16.5 Å². The van der Waals surface area contributed by atoms with Gasteiger partial charge in [0.25, 0.3) is 5.91 Å². The molecule has 2 unspecified atom stereocenters. The van der Waals surface area contributed by atoms with E-state index in [0.29, 0.717) is 5.69 Å². The lowest BCUT2D eigenvalue weighted by molar-refractivity contribution is -0.119. The van der Waals surface area contributed by atoms with Gasteiger partial charge in [-0.3, -0.25) is 25.2 Å². The summed E-state index contributed by atoms with van der Waals surface area (Å²) in [6.45, 7) is 5.20. The number of aryl methyl sites for hydroxylation is 2. The number of hydrogen-bond donors (Lipinski definition) is 3. The first kappa shape index (κ1) is 22.4. The Kier molecular flexibility index (Phi) is 6.32. The van der Waals surface area contributed by atoms with Crippen LogP contribution in [0.25, 0.3) is 0 Å². The Morgan fingerprint density at radius 3 is 2.20 bits per heavy atom. The first-order valence-electron chi connectivity index (χ1n) is 9.14. The summed E-state index contributed by atoms with van der Waals surface area (Å²) in [5, 5.41) is 2.91. The van der Waals surface area contributed by atoms with E-state index in [2.05, 4.69) is 16.2 Å². The molecule has 0 heterocycles. The number of alkyl halides is 2. The molecule has 2 aromatic carbocycles. The summed E-state index contributed by atoms with van der Waals surface area (Å²) in [7, 11) is 0. The van der Waals surface area contributed by atoms with E-state index in [0.717, 1.165) is 16.7 Å². The molecule has 0 radical (unpaired) electrons. The van der Waals surface area contributed by atoms with Crippen LogP contribution in [0.15, 0.2) is 36.4 Å². The zero-order chi connectivity index (χ0) is 22.2. The van der Waals surface area contributed by atoms with Gasteiger partial charge in [-0.25, -0.2) is 0 Å². The van der Waals surface area contributed by atoms with E-state index in [9.17, 15) is 14.4 Å². The van der Waals surface area contributed by atoms with Crippen LogP contribution >= 0.6 is 34.8 Å². The molecule has 3 amide bonds. The molecule has 3 N–H and O–H groups in total. The minimum atomic E-state index is -1.22. The summed E-state index contributed by atoms with van der Waals surface area (Å²) >= 11 is 18.9. The van der Waals surface area contributed by atoms with Gasteiger partial charge in [0.2, 0.25) is 11.8 Å². The van der Waals surface area contributed by atoms with Crippen LogP contribution in [0.1, 0.15) is 39.9 Å². The Hall–Kier alpha value is -2.28. The Morgan fingerprint density at radius 2 is 1.60 bits per heavy atom. The predicted molar refractivity (Wildman–Crippen MR) is 118 cm³/mol. The molecule has 30 heavy (non-hydrogen) atoms. The van der Waals surface area contributed by atoms with Gasteiger partial charge in [0.15, 0.2) is 0 Å². The smallest absolute Gasteiger partial charge is 0.271 e. The summed E-state index contributed by atoms with van der Waals surface area (Å²) < 4.78 is -1.22. The molecule has 0 aliphatic heterocycles. The molecule has 3 rings (SSSR count). The highest BCUT2D eigenvalue weighted by molar-refractivity contribution is 6.53. The van der Waals surface area contributed by atoms with E-state index in [1.165, 1.54) is 19.1 Å². The number of rotatable bonds is 4. The van der Waals surface area contributed by atoms with Crippen LogP contribution in [-0.4, -0.2) is 22.1 Å². The lowest BCUT2D eigenvalue weighted by Gasteiger charge is -2.10. The average Bonchev–Trinajstić information content (AvgIpc) is 3.22. The quantitative estimate of drug-likeness (QED) is 0.463. The molecule has 0 bridgehead atoms. The fraction of sp³-hybridized carbons (Fsp3) is 0.286. The fourth-order valence-electron chi connectivity index (χ4n) is 3.47. The molecule has 2 aromatic rings. The fourth-order valence-corrected chi connectivity index (χ4v) is 4.50. The van der Waals surface area contributed by atoms with E-state index in [4.69, 9.17) is 34.8 Å². The van der Waals surface area contributed by atoms with E-state index < -0.39 is 22.1 Å². The van der Waals surface area contributed by atoms with Gasteiger partial charge >= 0.3 is 0 Å². The third kappa shape index (κ3) is 4.72. The highest BCUT2D eigenvalue weighted by Crippen LogP contribution is 2.65. The van der Waals surface area contributed by atoms with Crippen molar-refractivity contribution in [3.05, 3.63) is 63.7 Å². The molecule has 2 atom stereocenters. The number of benzene rings is 2. The molecule has 0 aromatic heterocycles. The minimum Gasteiger partial charge on any atom is -0.326 e. The van der Waals surface area contributed by atoms with Crippen molar-refractivity contribution in [2.75, 3.05) is 5.32 Å². The molecule has 0 spiro atoms. The lowest BCUT2D eigenvalue weighted by atomic mass is 10.0. The number of nitrogens with one attached hydrogen (secondary N) is 3. The van der Waals surface area contributed by atoms with E-state index in [-0.39, 0.29) is 22.4 Å². The highest BCUT2D eigenvalue weighted by Gasteiger charge is 2.67. The number of halogens is 3. The lowest BCUT2D eigenvalue weighted by Crippen LogP contribution is -2.40. The summed E-state index contributed by atoms with van der Waals surface area (Å²) in [4.78, 5) is 36.0. The molecular formula is C21H20Cl3N3O3. The zero-order valence-corrected chi connectivity index (χ0v) is 18.7. The largest absolute Gasteiger partial charge is 0.326 e. The van der Waals surface area contributed by atoms with E-state index in [1.807, 2.05) is 32.0 Å². The topological polar surface area (TPSA) is 87.3 Å². The molecule has 1 aliphatic carbocycles. The normalized spacial score (nSPS) is 19.0. The standard InChI is InChI=1S/C21H20Cl3N3O3/c1-10-6-11(2)8-13(7-10)17-18(21(17,23)24)20(30)25-14-4-5-16(22)15(9-14)19(29)27-26-12(3)28/h4-9,17-18H,1-3H3,(H,25,30)(H,26,28)(H,27,29). The molecule has 0 saturated heterocycles. The van der Waals surface area contributed by atoms with Crippen LogP contribution < -0.4 is 16.2 Å². The number of carbonyl (C=O) groups excluding carboxylic acids is 3.